The summed E-state index contributed by atoms with van der Waals surface area (Å²) in [7, 11) is 1.85. The van der Waals surface area contributed by atoms with E-state index in [1.165, 1.54) is 0 Å². The Hall–Kier alpha value is -1.62. The Kier molecular flexibility index (Phi) is 3.81. The second-order valence-corrected chi connectivity index (χ2v) is 4.99. The van der Waals surface area contributed by atoms with E-state index in [-0.39, 0.29) is 0 Å². The van der Waals surface area contributed by atoms with Gasteiger partial charge in [0.05, 0.1) is 11.8 Å². The molecule has 0 N–H and O–H groups in total. The average Bonchev–Trinajstić information content (AvgIpc) is 2.73. The van der Waals surface area contributed by atoms with Gasteiger partial charge >= 0.3 is 0 Å². The Morgan fingerprint density at radius 2 is 2.28 bits per heavy atom. The first-order valence-corrected chi connectivity index (χ1v) is 6.25. The lowest BCUT2D eigenvalue weighted by Crippen LogP contribution is -2.00. The van der Waals surface area contributed by atoms with Gasteiger partial charge in [-0.25, -0.2) is 0 Å². The van der Waals surface area contributed by atoms with Crippen LogP contribution in [0.2, 0.25) is 0 Å². The van der Waals surface area contributed by atoms with E-state index in [2.05, 4.69) is 21.0 Å². The summed E-state index contributed by atoms with van der Waals surface area (Å²) in [6, 6.07) is 3.67. The molecule has 1 heterocycles. The molecule has 0 radical (unpaired) electrons. The largest absolute Gasteiger partial charge is 0.488 e. The number of aryl methyl sites for hydroxylation is 2. The van der Waals surface area contributed by atoms with Crippen LogP contribution in [0, 0.1) is 6.92 Å². The van der Waals surface area contributed by atoms with Crippen LogP contribution in [0.3, 0.4) is 0 Å². The lowest BCUT2D eigenvalue weighted by atomic mass is 10.1. The number of rotatable bonds is 4. The summed E-state index contributed by atoms with van der Waals surface area (Å²) < 4.78 is 8.29. The van der Waals surface area contributed by atoms with E-state index in [0.717, 1.165) is 21.9 Å². The van der Waals surface area contributed by atoms with Gasteiger partial charge < -0.3 is 4.74 Å². The maximum atomic E-state index is 11.0. The van der Waals surface area contributed by atoms with Crippen molar-refractivity contribution >= 4 is 22.2 Å². The molecular formula is C13H13BrN2O2. The summed E-state index contributed by atoms with van der Waals surface area (Å²) in [5.74, 6) is 0.622. The number of ether oxygens (including phenoxy) is 1. The van der Waals surface area contributed by atoms with Crippen molar-refractivity contribution < 1.29 is 9.53 Å². The molecule has 0 aliphatic carbocycles. The van der Waals surface area contributed by atoms with Crippen LogP contribution in [0.25, 0.3) is 0 Å². The second kappa shape index (κ2) is 5.35. The molecule has 1 aromatic carbocycles. The summed E-state index contributed by atoms with van der Waals surface area (Å²) in [4.78, 5) is 11.0. The lowest BCUT2D eigenvalue weighted by Gasteiger charge is -2.11. The smallest absolute Gasteiger partial charge is 0.153 e. The summed E-state index contributed by atoms with van der Waals surface area (Å²) in [6.45, 7) is 2.31. The number of benzene rings is 1. The Morgan fingerprint density at radius 3 is 2.89 bits per heavy atom. The normalized spacial score (nSPS) is 10.4. The zero-order chi connectivity index (χ0) is 13.1. The standard InChI is InChI=1S/C13H13BrN2O2/c1-9-3-12(14)4-11(7-17)13(9)18-8-10-5-15-16(2)6-10/h3-7H,8H2,1-2H3. The average molecular weight is 309 g/mol. The molecule has 0 aliphatic heterocycles. The molecule has 0 saturated carbocycles. The maximum Gasteiger partial charge on any atom is 0.153 e. The van der Waals surface area contributed by atoms with Crippen molar-refractivity contribution in [1.29, 1.82) is 0 Å². The summed E-state index contributed by atoms with van der Waals surface area (Å²) in [5, 5.41) is 4.07. The molecule has 0 saturated heterocycles. The Bertz CT molecular complexity index is 578. The first-order chi connectivity index (χ1) is 8.60. The van der Waals surface area contributed by atoms with Gasteiger partial charge in [-0.05, 0) is 24.6 Å². The minimum absolute atomic E-state index is 0.400. The Morgan fingerprint density at radius 1 is 1.50 bits per heavy atom. The number of aromatic nitrogens is 2. The van der Waals surface area contributed by atoms with Crippen LogP contribution >= 0.6 is 15.9 Å². The highest BCUT2D eigenvalue weighted by Gasteiger charge is 2.09. The van der Waals surface area contributed by atoms with Crippen molar-refractivity contribution in [3.05, 3.63) is 45.7 Å². The number of halogens is 1. The molecule has 94 valence electrons. The molecule has 1 aromatic heterocycles. The molecule has 0 atom stereocenters. The third-order valence-electron chi connectivity index (χ3n) is 2.54. The van der Waals surface area contributed by atoms with Crippen LogP contribution in [0.4, 0.5) is 0 Å². The van der Waals surface area contributed by atoms with Gasteiger partial charge in [-0.2, -0.15) is 5.10 Å². The molecular weight excluding hydrogens is 296 g/mol. The highest BCUT2D eigenvalue weighted by Crippen LogP contribution is 2.27. The Labute approximate surface area is 114 Å². The Balaban J connectivity index is 2.20. The molecule has 2 rings (SSSR count). The fraction of sp³-hybridized carbons (Fsp3) is 0.231. The van der Waals surface area contributed by atoms with Gasteiger partial charge in [-0.1, -0.05) is 15.9 Å². The molecule has 0 spiro atoms. The fourth-order valence-electron chi connectivity index (χ4n) is 1.74. The molecule has 18 heavy (non-hydrogen) atoms. The first-order valence-electron chi connectivity index (χ1n) is 5.46. The predicted octanol–water partition coefficient (Wildman–Crippen LogP) is 2.88. The monoisotopic (exact) mass is 308 g/mol. The van der Waals surface area contributed by atoms with Crippen LogP contribution in [0.1, 0.15) is 21.5 Å². The number of nitrogens with zero attached hydrogens (tertiary/aromatic N) is 2. The van der Waals surface area contributed by atoms with Crippen molar-refractivity contribution in [3.63, 3.8) is 0 Å². The van der Waals surface area contributed by atoms with E-state index < -0.39 is 0 Å². The molecule has 0 aliphatic rings. The van der Waals surface area contributed by atoms with Crippen molar-refractivity contribution in [3.8, 4) is 5.75 Å². The molecule has 2 aromatic rings. The molecule has 5 heteroatoms. The zero-order valence-corrected chi connectivity index (χ0v) is 11.8. The third kappa shape index (κ3) is 2.79. The van der Waals surface area contributed by atoms with Crippen LogP contribution in [0.15, 0.2) is 29.0 Å². The molecule has 4 nitrogen and oxygen atoms in total. The molecule has 0 fully saturated rings. The van der Waals surface area contributed by atoms with Crippen LogP contribution in [-0.2, 0) is 13.7 Å². The van der Waals surface area contributed by atoms with Crippen LogP contribution < -0.4 is 4.74 Å². The number of carbonyl (C=O) groups excluding carboxylic acids is 1. The van der Waals surface area contributed by atoms with E-state index in [1.54, 1.807) is 16.9 Å². The number of hydrogen-bond donors (Lipinski definition) is 0. The number of carbonyl (C=O) groups is 1. The van der Waals surface area contributed by atoms with Crippen LogP contribution in [-0.4, -0.2) is 16.1 Å². The van der Waals surface area contributed by atoms with E-state index in [4.69, 9.17) is 4.74 Å². The molecule has 0 amide bonds. The summed E-state index contributed by atoms with van der Waals surface area (Å²) in [6.07, 6.45) is 4.43. The quantitative estimate of drug-likeness (QED) is 0.816. The van der Waals surface area contributed by atoms with Gasteiger partial charge in [0.25, 0.3) is 0 Å². The van der Waals surface area contributed by atoms with Gasteiger partial charge in [0.1, 0.15) is 12.4 Å². The molecule has 0 bridgehead atoms. The number of hydrogen-bond acceptors (Lipinski definition) is 3. The van der Waals surface area contributed by atoms with Gasteiger partial charge in [0.15, 0.2) is 6.29 Å². The lowest BCUT2D eigenvalue weighted by molar-refractivity contribution is 0.111. The van der Waals surface area contributed by atoms with Crippen molar-refractivity contribution in [2.45, 2.75) is 13.5 Å². The first kappa shape index (κ1) is 12.8. The minimum atomic E-state index is 0.400. The second-order valence-electron chi connectivity index (χ2n) is 4.07. The van der Waals surface area contributed by atoms with E-state index >= 15 is 0 Å². The summed E-state index contributed by atoms with van der Waals surface area (Å²) >= 11 is 3.36. The maximum absolute atomic E-state index is 11.0. The van der Waals surface area contributed by atoms with Gasteiger partial charge in [-0.3, -0.25) is 9.48 Å². The summed E-state index contributed by atoms with van der Waals surface area (Å²) in [5.41, 5.74) is 2.44. The van der Waals surface area contributed by atoms with Gasteiger partial charge in [-0.15, -0.1) is 0 Å². The van der Waals surface area contributed by atoms with Crippen molar-refractivity contribution in [2.24, 2.45) is 7.05 Å². The highest BCUT2D eigenvalue weighted by atomic mass is 79.9. The van der Waals surface area contributed by atoms with E-state index in [0.29, 0.717) is 17.9 Å². The van der Waals surface area contributed by atoms with Crippen LogP contribution in [0.5, 0.6) is 5.75 Å². The van der Waals surface area contributed by atoms with Gasteiger partial charge in [0.2, 0.25) is 0 Å². The van der Waals surface area contributed by atoms with Gasteiger partial charge in [0, 0.05) is 23.3 Å². The highest BCUT2D eigenvalue weighted by molar-refractivity contribution is 9.10. The minimum Gasteiger partial charge on any atom is -0.488 e. The topological polar surface area (TPSA) is 44.1 Å². The van der Waals surface area contributed by atoms with Crippen molar-refractivity contribution in [1.82, 2.24) is 9.78 Å². The predicted molar refractivity (Wildman–Crippen MR) is 71.8 cm³/mol. The SMILES string of the molecule is Cc1cc(Br)cc(C=O)c1OCc1cnn(C)c1. The fourth-order valence-corrected chi connectivity index (χ4v) is 2.33. The van der Waals surface area contributed by atoms with Crippen molar-refractivity contribution in [2.75, 3.05) is 0 Å². The zero-order valence-electron chi connectivity index (χ0n) is 10.2. The van der Waals surface area contributed by atoms with E-state index in [9.17, 15) is 4.79 Å². The third-order valence-corrected chi connectivity index (χ3v) is 2.99. The number of aldehydes is 1. The molecule has 0 unspecified atom stereocenters. The van der Waals surface area contributed by atoms with E-state index in [1.807, 2.05) is 26.2 Å².